The van der Waals surface area contributed by atoms with Crippen molar-refractivity contribution in [3.63, 3.8) is 0 Å². The number of unbranched alkanes of at least 4 members (excludes halogenated alkanes) is 2. The number of esters is 2. The molecule has 0 radical (unpaired) electrons. The largest absolute Gasteiger partial charge is 0.465 e. The van der Waals surface area contributed by atoms with E-state index < -0.39 is 5.41 Å². The Labute approximate surface area is 154 Å². The van der Waals surface area contributed by atoms with Gasteiger partial charge in [0.25, 0.3) is 0 Å². The third kappa shape index (κ3) is 5.21. The van der Waals surface area contributed by atoms with E-state index >= 15 is 0 Å². The van der Waals surface area contributed by atoms with E-state index in [0.717, 1.165) is 44.9 Å². The first kappa shape index (κ1) is 22.0. The highest BCUT2D eigenvalue weighted by Crippen LogP contribution is 2.53. The first-order valence-corrected chi connectivity index (χ1v) is 10.3. The first-order chi connectivity index (χ1) is 11.9. The Morgan fingerprint density at radius 1 is 0.960 bits per heavy atom. The molecule has 0 aromatic heterocycles. The number of carbonyl (C=O) groups is 2. The molecule has 4 heteroatoms. The third-order valence-corrected chi connectivity index (χ3v) is 5.67. The summed E-state index contributed by atoms with van der Waals surface area (Å²) in [5.74, 6) is 0.163. The summed E-state index contributed by atoms with van der Waals surface area (Å²) in [6.07, 6.45) is 6.89. The van der Waals surface area contributed by atoms with Crippen LogP contribution in [-0.2, 0) is 19.1 Å². The van der Waals surface area contributed by atoms with Crippen molar-refractivity contribution in [3.8, 4) is 0 Å². The third-order valence-electron chi connectivity index (χ3n) is 5.67. The van der Waals surface area contributed by atoms with E-state index in [1.54, 1.807) is 0 Å². The van der Waals surface area contributed by atoms with Crippen molar-refractivity contribution in [2.24, 2.45) is 23.2 Å². The lowest BCUT2D eigenvalue weighted by molar-refractivity contribution is -0.177. The molecule has 146 valence electrons. The standard InChI is InChI=1S/C21H38O4/c1-6-9-14-24-19(22)21(20(23)25-15-10-7-2)13-12-17(16(4)5)18(21)11-8-3/h16-18H,6-15H2,1-5H3. The normalized spacial score (nSPS) is 22.2. The topological polar surface area (TPSA) is 52.6 Å². The van der Waals surface area contributed by atoms with Crippen LogP contribution in [0, 0.1) is 23.2 Å². The van der Waals surface area contributed by atoms with Gasteiger partial charge in [-0.15, -0.1) is 0 Å². The second kappa shape index (κ2) is 10.8. The molecule has 0 aromatic carbocycles. The van der Waals surface area contributed by atoms with Crippen molar-refractivity contribution >= 4 is 11.9 Å². The highest BCUT2D eigenvalue weighted by atomic mass is 16.6. The van der Waals surface area contributed by atoms with Crippen LogP contribution in [0.15, 0.2) is 0 Å². The highest BCUT2D eigenvalue weighted by Gasteiger charge is 2.60. The average Bonchev–Trinajstić information content (AvgIpc) is 2.96. The van der Waals surface area contributed by atoms with Gasteiger partial charge >= 0.3 is 11.9 Å². The van der Waals surface area contributed by atoms with E-state index in [1.807, 2.05) is 0 Å². The van der Waals surface area contributed by atoms with E-state index in [1.165, 1.54) is 0 Å². The lowest BCUT2D eigenvalue weighted by Gasteiger charge is -2.34. The zero-order chi connectivity index (χ0) is 18.9. The maximum absolute atomic E-state index is 13.0. The molecule has 0 N–H and O–H groups in total. The van der Waals surface area contributed by atoms with Gasteiger partial charge in [-0.1, -0.05) is 53.9 Å². The molecule has 1 saturated carbocycles. The molecule has 2 unspecified atom stereocenters. The van der Waals surface area contributed by atoms with Crippen molar-refractivity contribution in [2.75, 3.05) is 13.2 Å². The summed E-state index contributed by atoms with van der Waals surface area (Å²) in [4.78, 5) is 26.1. The van der Waals surface area contributed by atoms with E-state index in [2.05, 4.69) is 34.6 Å². The van der Waals surface area contributed by atoms with Crippen LogP contribution in [0.2, 0.25) is 0 Å². The predicted molar refractivity (Wildman–Crippen MR) is 100 cm³/mol. The minimum atomic E-state index is -1.09. The fourth-order valence-corrected chi connectivity index (χ4v) is 4.18. The van der Waals surface area contributed by atoms with Crippen molar-refractivity contribution in [1.29, 1.82) is 0 Å². The van der Waals surface area contributed by atoms with Crippen LogP contribution in [0.5, 0.6) is 0 Å². The molecule has 0 amide bonds. The lowest BCUT2D eigenvalue weighted by atomic mass is 9.70. The van der Waals surface area contributed by atoms with Crippen LogP contribution < -0.4 is 0 Å². The van der Waals surface area contributed by atoms with Crippen molar-refractivity contribution in [3.05, 3.63) is 0 Å². The second-order valence-electron chi connectivity index (χ2n) is 7.79. The summed E-state index contributed by atoms with van der Waals surface area (Å²) in [5.41, 5.74) is -1.09. The lowest BCUT2D eigenvalue weighted by Crippen LogP contribution is -2.46. The van der Waals surface area contributed by atoms with Crippen LogP contribution in [0.25, 0.3) is 0 Å². The monoisotopic (exact) mass is 354 g/mol. The van der Waals surface area contributed by atoms with Gasteiger partial charge in [-0.3, -0.25) is 9.59 Å². The molecule has 1 aliphatic carbocycles. The van der Waals surface area contributed by atoms with Gasteiger partial charge in [0.2, 0.25) is 0 Å². The molecular formula is C21H38O4. The van der Waals surface area contributed by atoms with Gasteiger partial charge in [0, 0.05) is 0 Å². The van der Waals surface area contributed by atoms with E-state index in [-0.39, 0.29) is 17.9 Å². The van der Waals surface area contributed by atoms with E-state index in [9.17, 15) is 9.59 Å². The number of carbonyl (C=O) groups excluding carboxylic acids is 2. The summed E-state index contributed by atoms with van der Waals surface area (Å²) in [6.45, 7) is 11.4. The van der Waals surface area contributed by atoms with Gasteiger partial charge in [0.1, 0.15) is 0 Å². The van der Waals surface area contributed by atoms with Gasteiger partial charge in [0.05, 0.1) is 13.2 Å². The quantitative estimate of drug-likeness (QED) is 0.293. The maximum atomic E-state index is 13.0. The zero-order valence-corrected chi connectivity index (χ0v) is 16.9. The molecule has 1 rings (SSSR count). The Balaban J connectivity index is 3.08. The first-order valence-electron chi connectivity index (χ1n) is 10.3. The van der Waals surface area contributed by atoms with Gasteiger partial charge in [-0.25, -0.2) is 0 Å². The second-order valence-corrected chi connectivity index (χ2v) is 7.79. The number of ether oxygens (including phenoxy) is 2. The Morgan fingerprint density at radius 2 is 1.48 bits per heavy atom. The molecule has 0 spiro atoms. The fraction of sp³-hybridized carbons (Fsp3) is 0.905. The van der Waals surface area contributed by atoms with Gasteiger partial charge < -0.3 is 9.47 Å². The van der Waals surface area contributed by atoms with Crippen molar-refractivity contribution in [2.45, 2.75) is 86.0 Å². The minimum Gasteiger partial charge on any atom is -0.465 e. The Kier molecular flexibility index (Phi) is 9.52. The zero-order valence-electron chi connectivity index (χ0n) is 16.9. The number of rotatable bonds is 11. The van der Waals surface area contributed by atoms with E-state index in [0.29, 0.717) is 31.5 Å². The number of hydrogen-bond donors (Lipinski definition) is 0. The van der Waals surface area contributed by atoms with Gasteiger partial charge in [-0.2, -0.15) is 0 Å². The molecule has 0 saturated heterocycles. The SMILES string of the molecule is CCCCOC(=O)C1(C(=O)OCCCC)CCC(C(C)C)C1CCC. The minimum absolute atomic E-state index is 0.0285. The van der Waals surface area contributed by atoms with Crippen LogP contribution in [0.1, 0.15) is 86.0 Å². The highest BCUT2D eigenvalue weighted by molar-refractivity contribution is 6.01. The molecule has 0 heterocycles. The van der Waals surface area contributed by atoms with E-state index in [4.69, 9.17) is 9.47 Å². The molecule has 2 atom stereocenters. The average molecular weight is 355 g/mol. The van der Waals surface area contributed by atoms with Gasteiger partial charge in [0.15, 0.2) is 5.41 Å². The summed E-state index contributed by atoms with van der Waals surface area (Å²) in [7, 11) is 0. The Bertz CT molecular complexity index is 394. The molecule has 0 bridgehead atoms. The van der Waals surface area contributed by atoms with Gasteiger partial charge in [-0.05, 0) is 49.9 Å². The maximum Gasteiger partial charge on any atom is 0.323 e. The summed E-state index contributed by atoms with van der Waals surface area (Å²) >= 11 is 0. The summed E-state index contributed by atoms with van der Waals surface area (Å²) in [6, 6.07) is 0. The predicted octanol–water partition coefficient (Wildman–Crippen LogP) is 5.14. The molecular weight excluding hydrogens is 316 g/mol. The van der Waals surface area contributed by atoms with Crippen LogP contribution in [-0.4, -0.2) is 25.2 Å². The van der Waals surface area contributed by atoms with Crippen molar-refractivity contribution < 1.29 is 19.1 Å². The number of hydrogen-bond acceptors (Lipinski definition) is 4. The summed E-state index contributed by atoms with van der Waals surface area (Å²) in [5, 5.41) is 0. The van der Waals surface area contributed by atoms with Crippen LogP contribution >= 0.6 is 0 Å². The molecule has 1 fully saturated rings. The molecule has 1 aliphatic rings. The smallest absolute Gasteiger partial charge is 0.323 e. The van der Waals surface area contributed by atoms with Crippen LogP contribution in [0.3, 0.4) is 0 Å². The molecule has 0 aromatic rings. The van der Waals surface area contributed by atoms with Crippen molar-refractivity contribution in [1.82, 2.24) is 0 Å². The Hall–Kier alpha value is -1.06. The Morgan fingerprint density at radius 3 is 1.88 bits per heavy atom. The fourth-order valence-electron chi connectivity index (χ4n) is 4.18. The molecule has 4 nitrogen and oxygen atoms in total. The molecule has 25 heavy (non-hydrogen) atoms. The summed E-state index contributed by atoms with van der Waals surface area (Å²) < 4.78 is 11.1. The molecule has 0 aliphatic heterocycles. The van der Waals surface area contributed by atoms with Crippen LogP contribution in [0.4, 0.5) is 0 Å².